The van der Waals surface area contributed by atoms with Crippen LogP contribution >= 0.6 is 0 Å². The van der Waals surface area contributed by atoms with Crippen LogP contribution in [0, 0.1) is 5.21 Å². The molecular weight excluding hydrogens is 398 g/mol. The fourth-order valence-electron chi connectivity index (χ4n) is 4.59. The zero-order valence-corrected chi connectivity index (χ0v) is 21.8. The first-order valence-corrected chi connectivity index (χ1v) is 14.5. The van der Waals surface area contributed by atoms with Crippen LogP contribution < -0.4 is 5.06 Å². The highest BCUT2D eigenvalue weighted by molar-refractivity contribution is 4.51. The number of hydrogen-bond donors (Lipinski definition) is 3. The summed E-state index contributed by atoms with van der Waals surface area (Å²) in [4.78, 5) is 0. The van der Waals surface area contributed by atoms with E-state index in [9.17, 15) is 5.21 Å². The molecular formula is C28H59NO3. The first kappa shape index (κ1) is 31.8. The second kappa shape index (κ2) is 27.1. The highest BCUT2D eigenvalue weighted by Gasteiger charge is 2.03. The molecule has 3 N–H and O–H groups in total. The Morgan fingerprint density at radius 1 is 0.469 bits per heavy atom. The van der Waals surface area contributed by atoms with Gasteiger partial charge in [-0.2, -0.15) is 0 Å². The lowest BCUT2D eigenvalue weighted by molar-refractivity contribution is -0.855. The molecule has 194 valence electrons. The Balaban J connectivity index is 3.05. The Bertz CT molecular complexity index is 339. The summed E-state index contributed by atoms with van der Waals surface area (Å²) >= 11 is 0. The number of unbranched alkanes of at least 4 members (excludes halogenated alkanes) is 23. The van der Waals surface area contributed by atoms with Gasteiger partial charge in [-0.25, -0.2) is 0 Å². The van der Waals surface area contributed by atoms with E-state index in [-0.39, 0.29) is 11.6 Å². The number of hydroxylamine groups is 2. The summed E-state index contributed by atoms with van der Waals surface area (Å²) in [7, 11) is 0. The Labute approximate surface area is 201 Å². The fraction of sp³-hybridized carbons (Fsp3) is 1.00. The molecule has 1 unspecified atom stereocenters. The van der Waals surface area contributed by atoms with Crippen molar-refractivity contribution >= 4 is 0 Å². The average molecular weight is 458 g/mol. The molecule has 0 radical (unpaired) electrons. The molecule has 0 saturated carbocycles. The summed E-state index contributed by atoms with van der Waals surface area (Å²) in [5, 5.41) is 28.8. The van der Waals surface area contributed by atoms with Gasteiger partial charge in [0.25, 0.3) is 0 Å². The van der Waals surface area contributed by atoms with E-state index in [1.54, 1.807) is 0 Å². The number of aliphatic hydroxyl groups is 2. The van der Waals surface area contributed by atoms with Gasteiger partial charge in [0, 0.05) is 0 Å². The zero-order chi connectivity index (χ0) is 23.5. The average Bonchev–Trinajstić information content (AvgIpc) is 2.76. The molecule has 4 nitrogen and oxygen atoms in total. The summed E-state index contributed by atoms with van der Waals surface area (Å²) in [5.41, 5.74) is 0. The van der Waals surface area contributed by atoms with Crippen LogP contribution in [0.25, 0.3) is 0 Å². The number of quaternary nitrogens is 1. The molecule has 32 heavy (non-hydrogen) atoms. The van der Waals surface area contributed by atoms with Gasteiger partial charge >= 0.3 is 0 Å². The van der Waals surface area contributed by atoms with Crippen molar-refractivity contribution in [3.05, 3.63) is 5.21 Å². The number of hydrogen-bond acceptors (Lipinski definition) is 3. The van der Waals surface area contributed by atoms with Crippen molar-refractivity contribution in [2.24, 2.45) is 0 Å². The minimum Gasteiger partial charge on any atom is -0.634 e. The van der Waals surface area contributed by atoms with Gasteiger partial charge in [-0.05, 0) is 12.8 Å². The molecule has 0 amide bonds. The van der Waals surface area contributed by atoms with Crippen molar-refractivity contribution in [2.45, 2.75) is 167 Å². The minimum absolute atomic E-state index is 0.0289. The molecule has 0 saturated heterocycles. The highest BCUT2D eigenvalue weighted by Crippen LogP contribution is 2.15. The lowest BCUT2D eigenvalue weighted by Crippen LogP contribution is -3.08. The molecule has 0 aromatic carbocycles. The van der Waals surface area contributed by atoms with Crippen LogP contribution in [0.3, 0.4) is 0 Å². The molecule has 0 aromatic heterocycles. The summed E-state index contributed by atoms with van der Waals surface area (Å²) in [6, 6.07) is 0. The van der Waals surface area contributed by atoms with Crippen molar-refractivity contribution in [2.75, 3.05) is 13.1 Å². The number of nitrogens with one attached hydrogen (secondary N) is 1. The van der Waals surface area contributed by atoms with E-state index in [1.807, 2.05) is 0 Å². The summed E-state index contributed by atoms with van der Waals surface area (Å²) in [6.45, 7) is 2.68. The van der Waals surface area contributed by atoms with Gasteiger partial charge in [-0.15, -0.1) is 0 Å². The molecule has 0 fully saturated rings. The van der Waals surface area contributed by atoms with Crippen molar-refractivity contribution in [3.63, 3.8) is 0 Å². The van der Waals surface area contributed by atoms with Gasteiger partial charge in [0.05, 0.1) is 6.54 Å². The van der Waals surface area contributed by atoms with E-state index in [4.69, 9.17) is 10.2 Å². The molecule has 0 aliphatic rings. The van der Waals surface area contributed by atoms with Crippen molar-refractivity contribution in [1.82, 2.24) is 0 Å². The lowest BCUT2D eigenvalue weighted by Gasteiger charge is -2.22. The standard InChI is InChI=1S/C28H59NO3/c1-2-3-4-5-6-7-8-9-10-11-12-13-14-15-16-17-18-19-20-21-22-23-24-25-26-29(32)27-28(30)31/h28-31H,2-27H2,1H3. The van der Waals surface area contributed by atoms with E-state index in [0.29, 0.717) is 6.54 Å². The van der Waals surface area contributed by atoms with Gasteiger partial charge in [0.15, 0.2) is 0 Å². The van der Waals surface area contributed by atoms with Crippen LogP contribution in [0.4, 0.5) is 0 Å². The SMILES string of the molecule is CCCCCCCCCCCCCCCCCCCCCCCCCC[NH+]([O-])CC(O)O. The predicted octanol–water partition coefficient (Wildman–Crippen LogP) is 7.06. The lowest BCUT2D eigenvalue weighted by atomic mass is 10.0. The van der Waals surface area contributed by atoms with E-state index in [1.165, 1.54) is 141 Å². The molecule has 0 heterocycles. The molecule has 0 rings (SSSR count). The number of aliphatic hydroxyl groups excluding tert-OH is 1. The van der Waals surface area contributed by atoms with Gasteiger partial charge in [0.1, 0.15) is 6.54 Å². The monoisotopic (exact) mass is 457 g/mol. The van der Waals surface area contributed by atoms with Gasteiger partial charge in [-0.3, -0.25) is 0 Å². The van der Waals surface area contributed by atoms with Crippen LogP contribution in [0.1, 0.15) is 161 Å². The quantitative estimate of drug-likeness (QED) is 0.0702. The van der Waals surface area contributed by atoms with Gasteiger partial charge in [0.2, 0.25) is 6.29 Å². The topological polar surface area (TPSA) is 68.0 Å². The minimum atomic E-state index is -1.48. The van der Waals surface area contributed by atoms with Crippen molar-refractivity contribution < 1.29 is 15.3 Å². The molecule has 0 spiro atoms. The Morgan fingerprint density at radius 2 is 0.719 bits per heavy atom. The molecule has 0 aliphatic carbocycles. The summed E-state index contributed by atoms with van der Waals surface area (Å²) in [5.74, 6) is 0. The normalized spacial score (nSPS) is 12.7. The molecule has 0 aromatic rings. The van der Waals surface area contributed by atoms with Crippen LogP contribution in [0.15, 0.2) is 0 Å². The van der Waals surface area contributed by atoms with Gasteiger partial charge in [-0.1, -0.05) is 148 Å². The van der Waals surface area contributed by atoms with E-state index >= 15 is 0 Å². The Hall–Kier alpha value is -0.160. The van der Waals surface area contributed by atoms with Crippen LogP contribution in [0.2, 0.25) is 0 Å². The summed E-state index contributed by atoms with van der Waals surface area (Å²) in [6.07, 6.45) is 31.5. The Morgan fingerprint density at radius 3 is 0.969 bits per heavy atom. The van der Waals surface area contributed by atoms with Crippen LogP contribution in [-0.2, 0) is 0 Å². The van der Waals surface area contributed by atoms with Crippen LogP contribution in [0.5, 0.6) is 0 Å². The smallest absolute Gasteiger partial charge is 0.202 e. The second-order valence-electron chi connectivity index (χ2n) is 10.1. The third-order valence-electron chi connectivity index (χ3n) is 6.72. The first-order valence-electron chi connectivity index (χ1n) is 14.5. The maximum absolute atomic E-state index is 11.4. The third kappa shape index (κ3) is 27.9. The first-order chi connectivity index (χ1) is 15.7. The molecule has 4 heteroatoms. The predicted molar refractivity (Wildman–Crippen MR) is 139 cm³/mol. The molecule has 0 bridgehead atoms. The fourth-order valence-corrected chi connectivity index (χ4v) is 4.59. The Kier molecular flexibility index (Phi) is 27.0. The number of rotatable bonds is 27. The maximum Gasteiger partial charge on any atom is 0.202 e. The van der Waals surface area contributed by atoms with Gasteiger partial charge < -0.3 is 20.5 Å². The maximum atomic E-state index is 11.4. The van der Waals surface area contributed by atoms with E-state index in [0.717, 1.165) is 12.8 Å². The van der Waals surface area contributed by atoms with Crippen LogP contribution in [-0.4, -0.2) is 29.6 Å². The highest BCUT2D eigenvalue weighted by atomic mass is 16.5. The van der Waals surface area contributed by atoms with Crippen molar-refractivity contribution in [3.8, 4) is 0 Å². The largest absolute Gasteiger partial charge is 0.634 e. The molecule has 1 atom stereocenters. The van der Waals surface area contributed by atoms with E-state index < -0.39 is 6.29 Å². The zero-order valence-electron chi connectivity index (χ0n) is 21.8. The van der Waals surface area contributed by atoms with E-state index in [2.05, 4.69) is 6.92 Å². The third-order valence-corrected chi connectivity index (χ3v) is 6.72. The second-order valence-corrected chi connectivity index (χ2v) is 10.1. The van der Waals surface area contributed by atoms with Crippen molar-refractivity contribution in [1.29, 1.82) is 0 Å². The molecule has 0 aliphatic heterocycles. The summed E-state index contributed by atoms with van der Waals surface area (Å²) < 4.78 is 0.